The van der Waals surface area contributed by atoms with Crippen LogP contribution in [0.2, 0.25) is 0 Å². The lowest BCUT2D eigenvalue weighted by Gasteiger charge is -2.04. The van der Waals surface area contributed by atoms with Crippen molar-refractivity contribution in [1.82, 2.24) is 10.4 Å². The van der Waals surface area contributed by atoms with Crippen LogP contribution in [0.5, 0.6) is 5.75 Å². The largest absolute Gasteiger partial charge is 0.497 e. The van der Waals surface area contributed by atoms with Gasteiger partial charge in [-0.1, -0.05) is 19.4 Å². The summed E-state index contributed by atoms with van der Waals surface area (Å²) in [6.07, 6.45) is 4.84. The van der Waals surface area contributed by atoms with Crippen LogP contribution in [0, 0.1) is 10.1 Å². The minimum atomic E-state index is -0.508. The van der Waals surface area contributed by atoms with Gasteiger partial charge in [-0.15, -0.1) is 0 Å². The fraction of sp³-hybridized carbons (Fsp3) is 0.185. The van der Waals surface area contributed by atoms with Crippen molar-refractivity contribution < 1.29 is 14.5 Å². The van der Waals surface area contributed by atoms with Crippen molar-refractivity contribution in [2.45, 2.75) is 26.2 Å². The molecule has 35 heavy (non-hydrogen) atoms. The summed E-state index contributed by atoms with van der Waals surface area (Å²) in [4.78, 5) is 26.3. The first-order valence-corrected chi connectivity index (χ1v) is 11.4. The van der Waals surface area contributed by atoms with Crippen LogP contribution < -0.4 is 10.2 Å². The van der Waals surface area contributed by atoms with Gasteiger partial charge in [0.15, 0.2) is 0 Å². The van der Waals surface area contributed by atoms with Crippen molar-refractivity contribution in [3.8, 4) is 17.0 Å². The van der Waals surface area contributed by atoms with Gasteiger partial charge in [0.05, 0.1) is 23.9 Å². The van der Waals surface area contributed by atoms with E-state index in [9.17, 15) is 14.9 Å². The molecule has 0 aliphatic rings. The molecule has 0 saturated carbocycles. The SMILES string of the molecule is CCCCc1ccc2[nH]c(-c3ccc(OC)cc3)c(/C=N/NC(=O)c3ccc([N+](=O)[O-])cc3)c2c1. The number of nitrogens with one attached hydrogen (secondary N) is 2. The summed E-state index contributed by atoms with van der Waals surface area (Å²) < 4.78 is 5.28. The van der Waals surface area contributed by atoms with E-state index in [1.54, 1.807) is 13.3 Å². The molecule has 1 amide bonds. The predicted molar refractivity (Wildman–Crippen MR) is 137 cm³/mol. The summed E-state index contributed by atoms with van der Waals surface area (Å²) in [5.41, 5.74) is 7.63. The van der Waals surface area contributed by atoms with Gasteiger partial charge >= 0.3 is 0 Å². The highest BCUT2D eigenvalue weighted by molar-refractivity contribution is 6.06. The number of methoxy groups -OCH3 is 1. The number of ether oxygens (including phenoxy) is 1. The van der Waals surface area contributed by atoms with E-state index in [2.05, 4.69) is 40.6 Å². The molecule has 0 saturated heterocycles. The summed E-state index contributed by atoms with van der Waals surface area (Å²) in [6.45, 7) is 2.17. The molecule has 178 valence electrons. The number of aromatic nitrogens is 1. The van der Waals surface area contributed by atoms with E-state index in [0.717, 1.165) is 52.7 Å². The third kappa shape index (κ3) is 5.38. The molecule has 1 aromatic heterocycles. The maximum atomic E-state index is 12.5. The first-order chi connectivity index (χ1) is 17.0. The first-order valence-electron chi connectivity index (χ1n) is 11.4. The van der Waals surface area contributed by atoms with Crippen LogP contribution in [0.3, 0.4) is 0 Å². The minimum Gasteiger partial charge on any atom is -0.497 e. The molecular weight excluding hydrogens is 444 g/mol. The number of aromatic amines is 1. The van der Waals surface area contributed by atoms with Crippen molar-refractivity contribution >= 4 is 28.7 Å². The molecule has 0 radical (unpaired) electrons. The molecule has 0 spiro atoms. The zero-order chi connectivity index (χ0) is 24.8. The van der Waals surface area contributed by atoms with Crippen LogP contribution in [0.1, 0.15) is 41.3 Å². The number of nitro groups is 1. The van der Waals surface area contributed by atoms with Crippen LogP contribution in [0.15, 0.2) is 71.8 Å². The number of nitro benzene ring substituents is 1. The predicted octanol–water partition coefficient (Wildman–Crippen LogP) is 5.86. The van der Waals surface area contributed by atoms with E-state index >= 15 is 0 Å². The number of amides is 1. The summed E-state index contributed by atoms with van der Waals surface area (Å²) in [5, 5.41) is 16.0. The Kier molecular flexibility index (Phi) is 7.21. The van der Waals surface area contributed by atoms with E-state index < -0.39 is 10.8 Å². The fourth-order valence-electron chi connectivity index (χ4n) is 3.87. The molecule has 0 aliphatic carbocycles. The van der Waals surface area contributed by atoms with Crippen LogP contribution in [-0.4, -0.2) is 29.1 Å². The van der Waals surface area contributed by atoms with Gasteiger partial charge in [0, 0.05) is 34.2 Å². The molecule has 3 aromatic carbocycles. The highest BCUT2D eigenvalue weighted by Gasteiger charge is 2.14. The van der Waals surface area contributed by atoms with E-state index in [-0.39, 0.29) is 11.3 Å². The Morgan fingerprint density at radius 1 is 1.11 bits per heavy atom. The van der Waals surface area contributed by atoms with E-state index in [1.807, 2.05) is 24.3 Å². The van der Waals surface area contributed by atoms with E-state index in [4.69, 9.17) is 4.74 Å². The zero-order valence-corrected chi connectivity index (χ0v) is 19.6. The molecule has 0 bridgehead atoms. The third-order valence-corrected chi connectivity index (χ3v) is 5.80. The standard InChI is InChI=1S/C27H26N4O4/c1-3-4-5-18-6-15-25-23(16-18)24(26(29-25)19-9-13-22(35-2)14-10-19)17-28-30-27(32)20-7-11-21(12-8-20)31(33)34/h6-17,29H,3-5H2,1-2H3,(H,30,32)/b28-17+. The number of carbonyl (C=O) groups is 1. The summed E-state index contributed by atoms with van der Waals surface area (Å²) in [6, 6.07) is 19.5. The zero-order valence-electron chi connectivity index (χ0n) is 19.6. The number of rotatable bonds is 9. The molecule has 1 heterocycles. The number of hydrazone groups is 1. The van der Waals surface area contributed by atoms with Crippen molar-refractivity contribution in [3.63, 3.8) is 0 Å². The maximum absolute atomic E-state index is 12.5. The Balaban J connectivity index is 1.66. The average molecular weight is 471 g/mol. The summed E-state index contributed by atoms with van der Waals surface area (Å²) in [5.74, 6) is 0.308. The van der Waals surface area contributed by atoms with Gasteiger partial charge in [-0.2, -0.15) is 5.10 Å². The summed E-state index contributed by atoms with van der Waals surface area (Å²) in [7, 11) is 1.63. The highest BCUT2D eigenvalue weighted by atomic mass is 16.6. The monoisotopic (exact) mass is 470 g/mol. The lowest BCUT2D eigenvalue weighted by molar-refractivity contribution is -0.384. The van der Waals surface area contributed by atoms with Crippen molar-refractivity contribution in [2.75, 3.05) is 7.11 Å². The van der Waals surface area contributed by atoms with Gasteiger partial charge in [-0.3, -0.25) is 14.9 Å². The Hall–Kier alpha value is -4.46. The molecule has 8 heteroatoms. The highest BCUT2D eigenvalue weighted by Crippen LogP contribution is 2.31. The fourth-order valence-corrected chi connectivity index (χ4v) is 3.87. The number of carbonyl (C=O) groups excluding carboxylic acids is 1. The number of hydrogen-bond acceptors (Lipinski definition) is 5. The Morgan fingerprint density at radius 2 is 1.86 bits per heavy atom. The second-order valence-electron chi connectivity index (χ2n) is 8.13. The van der Waals surface area contributed by atoms with Gasteiger partial charge in [0.2, 0.25) is 0 Å². The van der Waals surface area contributed by atoms with Gasteiger partial charge < -0.3 is 9.72 Å². The van der Waals surface area contributed by atoms with E-state index in [0.29, 0.717) is 0 Å². The topological polar surface area (TPSA) is 110 Å². The number of non-ortho nitro benzene ring substituents is 1. The molecule has 4 aromatic rings. The van der Waals surface area contributed by atoms with Crippen LogP contribution in [0.4, 0.5) is 5.69 Å². The second-order valence-corrected chi connectivity index (χ2v) is 8.13. The number of H-pyrrole nitrogens is 1. The van der Waals surface area contributed by atoms with Gasteiger partial charge in [-0.05, 0) is 72.5 Å². The van der Waals surface area contributed by atoms with E-state index in [1.165, 1.54) is 29.8 Å². The quantitative estimate of drug-likeness (QED) is 0.181. The molecule has 0 aliphatic heterocycles. The summed E-state index contributed by atoms with van der Waals surface area (Å²) >= 11 is 0. The molecule has 4 rings (SSSR count). The molecule has 0 unspecified atom stereocenters. The average Bonchev–Trinajstić information content (AvgIpc) is 3.25. The molecule has 8 nitrogen and oxygen atoms in total. The lowest BCUT2D eigenvalue weighted by Crippen LogP contribution is -2.17. The minimum absolute atomic E-state index is 0.0770. The van der Waals surface area contributed by atoms with Crippen LogP contribution in [-0.2, 0) is 6.42 Å². The smallest absolute Gasteiger partial charge is 0.271 e. The first kappa shape index (κ1) is 23.7. The number of benzene rings is 3. The van der Waals surface area contributed by atoms with Gasteiger partial charge in [0.25, 0.3) is 11.6 Å². The number of unbranched alkanes of at least 4 members (excludes halogenated alkanes) is 1. The Bertz CT molecular complexity index is 1370. The molecule has 0 fully saturated rings. The number of nitrogens with zero attached hydrogens (tertiary/aromatic N) is 2. The number of aryl methyl sites for hydroxylation is 1. The number of hydrogen-bond donors (Lipinski definition) is 2. The maximum Gasteiger partial charge on any atom is 0.271 e. The van der Waals surface area contributed by atoms with Crippen molar-refractivity contribution in [2.24, 2.45) is 5.10 Å². The third-order valence-electron chi connectivity index (χ3n) is 5.80. The Labute approximate surface area is 202 Å². The van der Waals surface area contributed by atoms with Gasteiger partial charge in [0.1, 0.15) is 5.75 Å². The second kappa shape index (κ2) is 10.6. The van der Waals surface area contributed by atoms with Crippen molar-refractivity contribution in [1.29, 1.82) is 0 Å². The normalized spacial score (nSPS) is 11.1. The molecule has 2 N–H and O–H groups in total. The molecular formula is C27H26N4O4. The van der Waals surface area contributed by atoms with Crippen LogP contribution in [0.25, 0.3) is 22.2 Å². The Morgan fingerprint density at radius 3 is 2.51 bits per heavy atom. The molecule has 0 atom stereocenters. The van der Waals surface area contributed by atoms with Crippen LogP contribution >= 0.6 is 0 Å². The van der Waals surface area contributed by atoms with Gasteiger partial charge in [-0.25, -0.2) is 5.43 Å². The lowest BCUT2D eigenvalue weighted by atomic mass is 10.0. The van der Waals surface area contributed by atoms with Crippen molar-refractivity contribution in [3.05, 3.63) is 93.5 Å². The number of fused-ring (bicyclic) bond motifs is 1.